The second kappa shape index (κ2) is 4.71. The van der Waals surface area contributed by atoms with Crippen molar-refractivity contribution in [2.75, 3.05) is 0 Å². The molecule has 0 saturated carbocycles. The third kappa shape index (κ3) is 2.86. The summed E-state index contributed by atoms with van der Waals surface area (Å²) < 4.78 is 38.1. The normalized spacial score (nSPS) is 10.6. The summed E-state index contributed by atoms with van der Waals surface area (Å²) in [5, 5.41) is 0. The highest BCUT2D eigenvalue weighted by atomic mass is 79.9. The van der Waals surface area contributed by atoms with Crippen molar-refractivity contribution in [3.63, 3.8) is 0 Å². The molecule has 5 heteroatoms. The molecular formula is C11H6BrF3O. The Bertz CT molecular complexity index is 480. The average molecular weight is 291 g/mol. The summed E-state index contributed by atoms with van der Waals surface area (Å²) in [6, 6.07) is 3.35. The zero-order chi connectivity index (χ0) is 12.3. The van der Waals surface area contributed by atoms with Gasteiger partial charge in [-0.2, -0.15) is 13.2 Å². The lowest BCUT2D eigenvalue weighted by Gasteiger charge is -2.10. The Labute approximate surface area is 98.8 Å². The van der Waals surface area contributed by atoms with Crippen molar-refractivity contribution in [1.29, 1.82) is 0 Å². The number of hydrogen-bond donors (Lipinski definition) is 0. The molecule has 0 saturated heterocycles. The van der Waals surface area contributed by atoms with Crippen LogP contribution in [0.15, 0.2) is 22.7 Å². The van der Waals surface area contributed by atoms with E-state index in [-0.39, 0.29) is 4.47 Å². The summed E-state index contributed by atoms with van der Waals surface area (Å²) in [6.07, 6.45) is -4.57. The van der Waals surface area contributed by atoms with Gasteiger partial charge in [-0.3, -0.25) is 4.79 Å². The van der Waals surface area contributed by atoms with Crippen molar-refractivity contribution >= 4 is 21.7 Å². The van der Waals surface area contributed by atoms with Crippen molar-refractivity contribution in [1.82, 2.24) is 0 Å². The first-order valence-corrected chi connectivity index (χ1v) is 4.99. The van der Waals surface area contributed by atoms with Gasteiger partial charge in [-0.05, 0) is 31.0 Å². The Hall–Kier alpha value is -1.28. The molecule has 0 amide bonds. The molecule has 0 N–H and O–H groups in total. The van der Waals surface area contributed by atoms with Crippen LogP contribution >= 0.6 is 15.9 Å². The van der Waals surface area contributed by atoms with Gasteiger partial charge in [0.1, 0.15) is 0 Å². The second-order valence-electron chi connectivity index (χ2n) is 2.89. The van der Waals surface area contributed by atoms with Crippen LogP contribution in [0, 0.1) is 11.8 Å². The van der Waals surface area contributed by atoms with Crippen LogP contribution in [0.5, 0.6) is 0 Å². The first-order valence-electron chi connectivity index (χ1n) is 4.20. The number of carbonyl (C=O) groups is 1. The predicted molar refractivity (Wildman–Crippen MR) is 56.9 cm³/mol. The summed E-state index contributed by atoms with van der Waals surface area (Å²) in [5.41, 5.74) is -1.40. The standard InChI is InChI=1S/C11H6BrF3O/c1-2-3-10(16)8-5-4-7(12)6-9(8)11(13,14)15/h4-6H,1H3. The number of benzene rings is 1. The van der Waals surface area contributed by atoms with Gasteiger partial charge in [-0.15, -0.1) is 0 Å². The van der Waals surface area contributed by atoms with E-state index in [2.05, 4.69) is 27.8 Å². The zero-order valence-electron chi connectivity index (χ0n) is 8.15. The molecule has 0 aliphatic heterocycles. The van der Waals surface area contributed by atoms with E-state index in [0.29, 0.717) is 0 Å². The second-order valence-corrected chi connectivity index (χ2v) is 3.81. The van der Waals surface area contributed by atoms with Crippen LogP contribution in [0.25, 0.3) is 0 Å². The van der Waals surface area contributed by atoms with Crippen molar-refractivity contribution in [3.8, 4) is 11.8 Å². The largest absolute Gasteiger partial charge is 0.417 e. The van der Waals surface area contributed by atoms with E-state index in [9.17, 15) is 18.0 Å². The lowest BCUT2D eigenvalue weighted by Crippen LogP contribution is -2.12. The van der Waals surface area contributed by atoms with Crippen LogP contribution in [0.4, 0.5) is 13.2 Å². The molecule has 0 radical (unpaired) electrons. The number of halogens is 4. The minimum atomic E-state index is -4.57. The van der Waals surface area contributed by atoms with Gasteiger partial charge in [0, 0.05) is 10.0 Å². The zero-order valence-corrected chi connectivity index (χ0v) is 9.74. The van der Waals surface area contributed by atoms with Crippen LogP contribution in [0.1, 0.15) is 22.8 Å². The van der Waals surface area contributed by atoms with Crippen LogP contribution in [-0.2, 0) is 6.18 Å². The molecule has 0 bridgehead atoms. The Morgan fingerprint density at radius 3 is 2.50 bits per heavy atom. The van der Waals surface area contributed by atoms with Crippen molar-refractivity contribution in [3.05, 3.63) is 33.8 Å². The van der Waals surface area contributed by atoms with E-state index in [4.69, 9.17) is 0 Å². The number of Topliss-reactive ketones (excluding diaryl/α,β-unsaturated/α-hetero) is 1. The molecule has 0 aromatic heterocycles. The molecule has 0 heterocycles. The van der Waals surface area contributed by atoms with Crippen LogP contribution < -0.4 is 0 Å². The van der Waals surface area contributed by atoms with E-state index in [1.54, 1.807) is 0 Å². The van der Waals surface area contributed by atoms with E-state index in [1.165, 1.54) is 13.0 Å². The molecule has 0 aliphatic rings. The van der Waals surface area contributed by atoms with Crippen LogP contribution in [0.3, 0.4) is 0 Å². The van der Waals surface area contributed by atoms with Gasteiger partial charge >= 0.3 is 6.18 Å². The minimum Gasteiger partial charge on any atom is -0.279 e. The Morgan fingerprint density at radius 2 is 2.00 bits per heavy atom. The molecular weight excluding hydrogens is 285 g/mol. The first-order chi connectivity index (χ1) is 7.36. The molecule has 1 aromatic rings. The van der Waals surface area contributed by atoms with Crippen LogP contribution in [0.2, 0.25) is 0 Å². The van der Waals surface area contributed by atoms with Crippen molar-refractivity contribution in [2.24, 2.45) is 0 Å². The smallest absolute Gasteiger partial charge is 0.279 e. The fraction of sp³-hybridized carbons (Fsp3) is 0.182. The van der Waals surface area contributed by atoms with Crippen molar-refractivity contribution in [2.45, 2.75) is 13.1 Å². The van der Waals surface area contributed by atoms with E-state index in [1.807, 2.05) is 0 Å². The summed E-state index contributed by atoms with van der Waals surface area (Å²) in [4.78, 5) is 11.3. The maximum absolute atomic E-state index is 12.6. The van der Waals surface area contributed by atoms with Gasteiger partial charge in [0.25, 0.3) is 0 Å². The fourth-order valence-corrected chi connectivity index (χ4v) is 1.49. The summed E-state index contributed by atoms with van der Waals surface area (Å²) in [6.45, 7) is 1.39. The van der Waals surface area contributed by atoms with E-state index in [0.717, 1.165) is 12.1 Å². The number of alkyl halides is 3. The summed E-state index contributed by atoms with van der Waals surface area (Å²) in [5.74, 6) is 3.54. The molecule has 1 aromatic carbocycles. The van der Waals surface area contributed by atoms with E-state index < -0.39 is 23.1 Å². The summed E-state index contributed by atoms with van der Waals surface area (Å²) >= 11 is 2.93. The number of ketones is 1. The first kappa shape index (κ1) is 12.8. The van der Waals surface area contributed by atoms with E-state index >= 15 is 0 Å². The Kier molecular flexibility index (Phi) is 3.76. The monoisotopic (exact) mass is 290 g/mol. The molecule has 84 valence electrons. The molecule has 1 rings (SSSR count). The van der Waals surface area contributed by atoms with Crippen molar-refractivity contribution < 1.29 is 18.0 Å². The molecule has 0 fully saturated rings. The SMILES string of the molecule is CC#CC(=O)c1ccc(Br)cc1C(F)(F)F. The number of carbonyl (C=O) groups excluding carboxylic acids is 1. The molecule has 16 heavy (non-hydrogen) atoms. The van der Waals surface area contributed by atoms with Gasteiger partial charge < -0.3 is 0 Å². The molecule has 1 nitrogen and oxygen atoms in total. The lowest BCUT2D eigenvalue weighted by molar-refractivity contribution is -0.137. The third-order valence-electron chi connectivity index (χ3n) is 1.77. The summed E-state index contributed by atoms with van der Waals surface area (Å²) in [7, 11) is 0. The van der Waals surface area contributed by atoms with Gasteiger partial charge in [0.05, 0.1) is 5.56 Å². The number of hydrogen-bond acceptors (Lipinski definition) is 1. The Morgan fingerprint density at radius 1 is 1.38 bits per heavy atom. The minimum absolute atomic E-state index is 0.265. The highest BCUT2D eigenvalue weighted by Gasteiger charge is 2.35. The number of rotatable bonds is 1. The topological polar surface area (TPSA) is 17.1 Å². The fourth-order valence-electron chi connectivity index (χ4n) is 1.13. The third-order valence-corrected chi connectivity index (χ3v) is 2.26. The predicted octanol–water partition coefficient (Wildman–Crippen LogP) is 3.67. The molecule has 0 atom stereocenters. The van der Waals surface area contributed by atoms with Gasteiger partial charge in [0.2, 0.25) is 5.78 Å². The maximum Gasteiger partial charge on any atom is 0.417 e. The average Bonchev–Trinajstić information content (AvgIpc) is 2.16. The molecule has 0 unspecified atom stereocenters. The lowest BCUT2D eigenvalue weighted by atomic mass is 10.0. The van der Waals surface area contributed by atoms with Crippen LogP contribution in [-0.4, -0.2) is 5.78 Å². The molecule has 0 aliphatic carbocycles. The van der Waals surface area contributed by atoms with Gasteiger partial charge in [-0.1, -0.05) is 21.9 Å². The highest BCUT2D eigenvalue weighted by molar-refractivity contribution is 9.10. The van der Waals surface area contributed by atoms with Gasteiger partial charge in [-0.25, -0.2) is 0 Å². The van der Waals surface area contributed by atoms with Gasteiger partial charge in [0.15, 0.2) is 0 Å². The quantitative estimate of drug-likeness (QED) is 0.438. The Balaban J connectivity index is 3.38. The maximum atomic E-state index is 12.6. The molecule has 0 spiro atoms. The highest BCUT2D eigenvalue weighted by Crippen LogP contribution is 2.33.